The fourth-order valence-electron chi connectivity index (χ4n) is 6.10. The number of rotatable bonds is 12. The van der Waals surface area contributed by atoms with E-state index in [1.807, 2.05) is 37.3 Å². The van der Waals surface area contributed by atoms with Gasteiger partial charge in [-0.1, -0.05) is 97.1 Å². The first kappa shape index (κ1) is 35.1. The second-order valence-corrected chi connectivity index (χ2v) is 14.7. The van der Waals surface area contributed by atoms with Crippen LogP contribution in [0.3, 0.4) is 0 Å². The predicted octanol–water partition coefficient (Wildman–Crippen LogP) is 7.38. The highest BCUT2D eigenvalue weighted by Gasteiger charge is 2.36. The van der Waals surface area contributed by atoms with Crippen molar-refractivity contribution in [3.05, 3.63) is 130 Å². The number of amides is 2. The normalized spacial score (nSPS) is 14.2. The maximum Gasteiger partial charge on any atom is 0.264 e. The van der Waals surface area contributed by atoms with Crippen LogP contribution < -0.4 is 9.62 Å². The Hall–Kier alpha value is -4.21. The zero-order chi connectivity index (χ0) is 34.3. The summed E-state index contributed by atoms with van der Waals surface area (Å²) < 4.78 is 43.6. The Bertz CT molecular complexity index is 1810. The predicted molar refractivity (Wildman–Crippen MR) is 188 cm³/mol. The molecule has 48 heavy (non-hydrogen) atoms. The van der Waals surface area contributed by atoms with E-state index < -0.39 is 34.3 Å². The summed E-state index contributed by atoms with van der Waals surface area (Å²) in [5.41, 5.74) is 3.06. The first-order chi connectivity index (χ1) is 23.0. The molecule has 0 radical (unpaired) electrons. The Balaban J connectivity index is 1.58. The van der Waals surface area contributed by atoms with Gasteiger partial charge in [-0.15, -0.1) is 0 Å². The number of nitrogens with one attached hydrogen (secondary N) is 1. The van der Waals surface area contributed by atoms with E-state index in [1.54, 1.807) is 49.4 Å². The van der Waals surface area contributed by atoms with Crippen molar-refractivity contribution in [3.63, 3.8) is 0 Å². The standard InChI is InChI=1S/C38H41ClFN3O4S/c1-27-16-22-33(23-17-27)48(46,47)43(35-15-9-14-34(39)28(35)2)26-37(44)42(25-30-18-20-31(40)21-19-30)36(24-29-10-5-3-6-11-29)38(45)41-32-12-7-4-8-13-32/h3,5-6,9-11,14-23,32,36H,4,7-8,12-13,24-26H2,1-2H3,(H,41,45)/t36-/m1/s1. The third-order valence-corrected chi connectivity index (χ3v) is 11.1. The van der Waals surface area contributed by atoms with Crippen molar-refractivity contribution in [2.45, 2.75) is 75.9 Å². The molecule has 1 fully saturated rings. The van der Waals surface area contributed by atoms with Crippen LogP contribution in [0.5, 0.6) is 0 Å². The molecule has 1 atom stereocenters. The quantitative estimate of drug-likeness (QED) is 0.168. The number of carbonyl (C=O) groups excluding carboxylic acids is 2. The van der Waals surface area contributed by atoms with Crippen molar-refractivity contribution in [3.8, 4) is 0 Å². The van der Waals surface area contributed by atoms with Crippen LogP contribution >= 0.6 is 11.6 Å². The molecule has 0 aromatic heterocycles. The number of hydrogen-bond donors (Lipinski definition) is 1. The van der Waals surface area contributed by atoms with E-state index in [-0.39, 0.29) is 35.5 Å². The van der Waals surface area contributed by atoms with Crippen molar-refractivity contribution >= 4 is 39.1 Å². The lowest BCUT2D eigenvalue weighted by Gasteiger charge is -2.35. The second-order valence-electron chi connectivity index (χ2n) is 12.4. The SMILES string of the molecule is Cc1ccc(S(=O)(=O)N(CC(=O)N(Cc2ccc(F)cc2)[C@H](Cc2ccccc2)C(=O)NC2CCCCC2)c2cccc(Cl)c2C)cc1. The Kier molecular flexibility index (Phi) is 11.5. The van der Waals surface area contributed by atoms with Crippen LogP contribution in [0.25, 0.3) is 0 Å². The van der Waals surface area contributed by atoms with E-state index in [0.717, 1.165) is 47.5 Å². The number of benzene rings is 4. The minimum Gasteiger partial charge on any atom is -0.352 e. The fourth-order valence-corrected chi connectivity index (χ4v) is 7.74. The molecule has 1 saturated carbocycles. The molecular weight excluding hydrogens is 649 g/mol. The summed E-state index contributed by atoms with van der Waals surface area (Å²) >= 11 is 6.47. The largest absolute Gasteiger partial charge is 0.352 e. The van der Waals surface area contributed by atoms with Gasteiger partial charge in [0.25, 0.3) is 10.0 Å². The van der Waals surface area contributed by atoms with Gasteiger partial charge in [0.05, 0.1) is 10.6 Å². The average molecular weight is 690 g/mol. The van der Waals surface area contributed by atoms with Crippen LogP contribution in [-0.2, 0) is 32.6 Å². The van der Waals surface area contributed by atoms with Crippen molar-refractivity contribution in [1.29, 1.82) is 0 Å². The monoisotopic (exact) mass is 689 g/mol. The van der Waals surface area contributed by atoms with E-state index in [1.165, 1.54) is 29.2 Å². The maximum absolute atomic E-state index is 14.7. The molecule has 0 aliphatic heterocycles. The molecule has 0 bridgehead atoms. The first-order valence-corrected chi connectivity index (χ1v) is 18.1. The highest BCUT2D eigenvalue weighted by Crippen LogP contribution is 2.31. The van der Waals surface area contributed by atoms with Crippen LogP contribution in [0.4, 0.5) is 10.1 Å². The molecule has 5 rings (SSSR count). The Morgan fingerprint density at radius 2 is 1.52 bits per heavy atom. The lowest BCUT2D eigenvalue weighted by atomic mass is 9.94. The number of nitrogens with zero attached hydrogens (tertiary/aromatic N) is 2. The molecule has 252 valence electrons. The Morgan fingerprint density at radius 3 is 2.19 bits per heavy atom. The van der Waals surface area contributed by atoms with Gasteiger partial charge in [-0.25, -0.2) is 12.8 Å². The maximum atomic E-state index is 14.7. The molecule has 0 heterocycles. The summed E-state index contributed by atoms with van der Waals surface area (Å²) in [5, 5.41) is 3.54. The molecule has 2 amide bonds. The summed E-state index contributed by atoms with van der Waals surface area (Å²) in [7, 11) is -4.27. The van der Waals surface area contributed by atoms with Crippen LogP contribution in [0.15, 0.2) is 102 Å². The van der Waals surface area contributed by atoms with Crippen LogP contribution in [-0.4, -0.2) is 43.8 Å². The lowest BCUT2D eigenvalue weighted by Crippen LogP contribution is -2.55. The topological polar surface area (TPSA) is 86.8 Å². The highest BCUT2D eigenvalue weighted by atomic mass is 35.5. The third kappa shape index (κ3) is 8.62. The minimum absolute atomic E-state index is 0.0141. The van der Waals surface area contributed by atoms with Crippen LogP contribution in [0.1, 0.15) is 54.4 Å². The van der Waals surface area contributed by atoms with E-state index in [9.17, 15) is 22.4 Å². The van der Waals surface area contributed by atoms with Gasteiger partial charge in [0, 0.05) is 24.0 Å². The van der Waals surface area contributed by atoms with E-state index in [4.69, 9.17) is 11.6 Å². The third-order valence-electron chi connectivity index (χ3n) is 8.88. The lowest BCUT2D eigenvalue weighted by molar-refractivity contribution is -0.140. The number of sulfonamides is 1. The molecule has 0 unspecified atom stereocenters. The minimum atomic E-state index is -4.27. The number of halogens is 2. The summed E-state index contributed by atoms with van der Waals surface area (Å²) in [5.74, 6) is -1.33. The van der Waals surface area contributed by atoms with E-state index in [2.05, 4.69) is 5.32 Å². The van der Waals surface area contributed by atoms with Gasteiger partial charge in [-0.2, -0.15) is 0 Å². The summed E-state index contributed by atoms with van der Waals surface area (Å²) in [6.07, 6.45) is 5.05. The van der Waals surface area contributed by atoms with Crippen molar-refractivity contribution in [2.75, 3.05) is 10.8 Å². The van der Waals surface area contributed by atoms with E-state index in [0.29, 0.717) is 16.1 Å². The molecule has 1 aliphatic carbocycles. The second kappa shape index (κ2) is 15.8. The smallest absolute Gasteiger partial charge is 0.264 e. The van der Waals surface area contributed by atoms with Crippen LogP contribution in [0.2, 0.25) is 5.02 Å². The number of carbonyl (C=O) groups is 2. The molecule has 1 N–H and O–H groups in total. The molecule has 4 aromatic rings. The molecule has 0 spiro atoms. The summed E-state index contributed by atoms with van der Waals surface area (Å²) in [4.78, 5) is 30.3. The molecular formula is C38H41ClFN3O4S. The fraction of sp³-hybridized carbons (Fsp3) is 0.316. The van der Waals surface area contributed by atoms with Crippen molar-refractivity contribution in [2.24, 2.45) is 0 Å². The summed E-state index contributed by atoms with van der Waals surface area (Å²) in [6.45, 7) is 2.92. The Labute approximate surface area is 287 Å². The van der Waals surface area contributed by atoms with Crippen LogP contribution in [0, 0.1) is 19.7 Å². The molecule has 0 saturated heterocycles. The molecule has 4 aromatic carbocycles. The van der Waals surface area contributed by atoms with Gasteiger partial charge in [-0.3, -0.25) is 13.9 Å². The first-order valence-electron chi connectivity index (χ1n) is 16.3. The zero-order valence-corrected chi connectivity index (χ0v) is 28.8. The number of hydrogen-bond acceptors (Lipinski definition) is 4. The van der Waals surface area contributed by atoms with E-state index >= 15 is 0 Å². The zero-order valence-electron chi connectivity index (χ0n) is 27.2. The van der Waals surface area contributed by atoms with Crippen molar-refractivity contribution < 1.29 is 22.4 Å². The van der Waals surface area contributed by atoms with Crippen molar-refractivity contribution in [1.82, 2.24) is 10.2 Å². The summed E-state index contributed by atoms with van der Waals surface area (Å²) in [6, 6.07) is 25.5. The highest BCUT2D eigenvalue weighted by molar-refractivity contribution is 7.92. The van der Waals surface area contributed by atoms with Gasteiger partial charge >= 0.3 is 0 Å². The average Bonchev–Trinajstić information content (AvgIpc) is 3.08. The molecule has 7 nitrogen and oxygen atoms in total. The Morgan fingerprint density at radius 1 is 0.854 bits per heavy atom. The van der Waals surface area contributed by atoms with Gasteiger partial charge in [0.1, 0.15) is 18.4 Å². The molecule has 10 heteroatoms. The van der Waals surface area contributed by atoms with Gasteiger partial charge in [0.15, 0.2) is 0 Å². The number of aryl methyl sites for hydroxylation is 1. The van der Waals surface area contributed by atoms with Gasteiger partial charge < -0.3 is 10.2 Å². The number of anilines is 1. The molecule has 1 aliphatic rings. The van der Waals surface area contributed by atoms with Gasteiger partial charge in [0.2, 0.25) is 11.8 Å². The van der Waals surface area contributed by atoms with Gasteiger partial charge in [-0.05, 0) is 79.8 Å².